The normalized spacial score (nSPS) is 15.4. The number of aryl methyl sites for hydroxylation is 2. The average Bonchev–Trinajstić information content (AvgIpc) is 2.86. The van der Waals surface area contributed by atoms with Crippen LogP contribution in [0.3, 0.4) is 0 Å². The lowest BCUT2D eigenvalue weighted by atomic mass is 10.1. The minimum absolute atomic E-state index is 0.0345. The topological polar surface area (TPSA) is 88.2 Å². The average molecular weight is 380 g/mol. The molecule has 25 heavy (non-hydrogen) atoms. The maximum atomic E-state index is 12.8. The summed E-state index contributed by atoms with van der Waals surface area (Å²) in [7, 11) is -3.71. The number of carbonyl (C=O) groups is 1. The fourth-order valence-corrected chi connectivity index (χ4v) is 5.12. The van der Waals surface area contributed by atoms with Crippen molar-refractivity contribution in [1.82, 2.24) is 9.71 Å². The number of rotatable bonds is 4. The van der Waals surface area contributed by atoms with Crippen molar-refractivity contribution in [1.29, 1.82) is 0 Å². The molecule has 0 aliphatic carbocycles. The number of sulfonamides is 1. The quantitative estimate of drug-likeness (QED) is 0.855. The summed E-state index contributed by atoms with van der Waals surface area (Å²) >= 11 is 1.47. The van der Waals surface area contributed by atoms with E-state index in [0.29, 0.717) is 24.9 Å². The fraction of sp³-hybridized carbons (Fsp3) is 0.412. The van der Waals surface area contributed by atoms with Gasteiger partial charge in [-0.15, -0.1) is 11.3 Å². The van der Waals surface area contributed by atoms with Gasteiger partial charge in [-0.25, -0.2) is 13.4 Å². The summed E-state index contributed by atoms with van der Waals surface area (Å²) in [5, 5.41) is 3.53. The zero-order valence-electron chi connectivity index (χ0n) is 14.4. The molecule has 0 spiro atoms. The van der Waals surface area contributed by atoms with Gasteiger partial charge in [0.25, 0.3) is 0 Å². The summed E-state index contributed by atoms with van der Waals surface area (Å²) in [6.07, 6.45) is 3.57. The Kier molecular flexibility index (Phi) is 4.70. The highest BCUT2D eigenvalue weighted by atomic mass is 32.2. The van der Waals surface area contributed by atoms with Gasteiger partial charge in [0.05, 0.1) is 10.4 Å². The number of amides is 1. The van der Waals surface area contributed by atoms with E-state index in [1.807, 2.05) is 6.92 Å². The van der Waals surface area contributed by atoms with E-state index in [1.165, 1.54) is 17.4 Å². The van der Waals surface area contributed by atoms with Crippen LogP contribution < -0.4 is 10.0 Å². The molecule has 1 amide bonds. The van der Waals surface area contributed by atoms with Gasteiger partial charge in [-0.3, -0.25) is 4.79 Å². The summed E-state index contributed by atoms with van der Waals surface area (Å²) in [5.41, 5.74) is 0.728. The Balaban J connectivity index is 1.90. The number of benzene rings is 1. The number of hydrogen-bond acceptors (Lipinski definition) is 5. The van der Waals surface area contributed by atoms with E-state index < -0.39 is 15.6 Å². The molecule has 2 N–H and O–H groups in total. The van der Waals surface area contributed by atoms with Gasteiger partial charge >= 0.3 is 0 Å². The molecule has 0 saturated heterocycles. The van der Waals surface area contributed by atoms with Crippen LogP contribution in [0.15, 0.2) is 29.3 Å². The summed E-state index contributed by atoms with van der Waals surface area (Å²) in [4.78, 5) is 17.2. The van der Waals surface area contributed by atoms with Crippen LogP contribution in [0.1, 0.15) is 42.1 Å². The van der Waals surface area contributed by atoms with Gasteiger partial charge in [0.15, 0.2) is 0 Å². The molecule has 0 atom stereocenters. The molecule has 2 aromatic rings. The zero-order valence-corrected chi connectivity index (χ0v) is 16.1. The van der Waals surface area contributed by atoms with E-state index in [9.17, 15) is 13.2 Å². The molecule has 0 unspecified atom stereocenters. The van der Waals surface area contributed by atoms with Gasteiger partial charge in [-0.05, 0) is 57.4 Å². The minimum Gasteiger partial charge on any atom is -0.326 e. The van der Waals surface area contributed by atoms with Gasteiger partial charge in [0.1, 0.15) is 5.01 Å². The highest BCUT2D eigenvalue weighted by Crippen LogP contribution is 2.29. The van der Waals surface area contributed by atoms with Crippen molar-refractivity contribution < 1.29 is 13.2 Å². The lowest BCUT2D eigenvalue weighted by molar-refractivity contribution is -0.116. The third kappa shape index (κ3) is 3.91. The molecule has 0 fully saturated rings. The van der Waals surface area contributed by atoms with Crippen LogP contribution in [-0.4, -0.2) is 19.3 Å². The van der Waals surface area contributed by atoms with E-state index in [2.05, 4.69) is 15.0 Å². The number of aromatic nitrogens is 1. The van der Waals surface area contributed by atoms with Crippen LogP contribution in [0.5, 0.6) is 0 Å². The Labute approximate surface area is 151 Å². The van der Waals surface area contributed by atoms with Crippen molar-refractivity contribution in [3.63, 3.8) is 0 Å². The predicted molar refractivity (Wildman–Crippen MR) is 98.2 cm³/mol. The fourth-order valence-electron chi connectivity index (χ4n) is 2.80. The second-order valence-corrected chi connectivity index (χ2v) is 9.64. The van der Waals surface area contributed by atoms with E-state index in [0.717, 1.165) is 15.4 Å². The molecule has 0 radical (unpaired) electrons. The first kappa shape index (κ1) is 18.0. The van der Waals surface area contributed by atoms with Crippen molar-refractivity contribution in [2.75, 3.05) is 5.32 Å². The van der Waals surface area contributed by atoms with Gasteiger partial charge in [-0.1, -0.05) is 0 Å². The van der Waals surface area contributed by atoms with Gasteiger partial charge in [-0.2, -0.15) is 4.72 Å². The molecule has 1 aliphatic rings. The Morgan fingerprint density at radius 3 is 2.72 bits per heavy atom. The first-order chi connectivity index (χ1) is 11.7. The number of nitrogens with zero attached hydrogens (tertiary/aromatic N) is 1. The second kappa shape index (κ2) is 6.51. The lowest BCUT2D eigenvalue weighted by Crippen LogP contribution is -2.40. The molecule has 3 rings (SSSR count). The number of carbonyl (C=O) groups excluding carboxylic acids is 1. The standard InChI is InChI=1S/C17H21N3O3S2/c1-11-10-18-16(24-11)17(2,3)20-25(22,23)13-7-8-14-12(9-13)5-4-6-15(21)19-14/h7-10,20H,4-6H2,1-3H3,(H,19,21). The van der Waals surface area contributed by atoms with Crippen molar-refractivity contribution in [2.45, 2.75) is 50.5 Å². The molecule has 1 aromatic heterocycles. The summed E-state index contributed by atoms with van der Waals surface area (Å²) < 4.78 is 28.4. The van der Waals surface area contributed by atoms with Crippen molar-refractivity contribution >= 4 is 33.0 Å². The number of hydrogen-bond donors (Lipinski definition) is 2. The first-order valence-corrected chi connectivity index (χ1v) is 10.4. The van der Waals surface area contributed by atoms with Gasteiger partial charge in [0.2, 0.25) is 15.9 Å². The van der Waals surface area contributed by atoms with Crippen molar-refractivity contribution in [3.05, 3.63) is 39.8 Å². The Bertz CT molecular complexity index is 917. The van der Waals surface area contributed by atoms with Crippen LogP contribution in [0.2, 0.25) is 0 Å². The van der Waals surface area contributed by atoms with Crippen LogP contribution in [-0.2, 0) is 26.8 Å². The van der Waals surface area contributed by atoms with Crippen LogP contribution in [0.25, 0.3) is 0 Å². The van der Waals surface area contributed by atoms with E-state index in [-0.39, 0.29) is 10.8 Å². The summed E-state index contributed by atoms with van der Waals surface area (Å²) in [6.45, 7) is 5.53. The molecular weight excluding hydrogens is 358 g/mol. The second-order valence-electron chi connectivity index (χ2n) is 6.73. The third-order valence-electron chi connectivity index (χ3n) is 4.06. The summed E-state index contributed by atoms with van der Waals surface area (Å²) in [5.74, 6) is -0.0345. The van der Waals surface area contributed by atoms with Crippen LogP contribution in [0.4, 0.5) is 5.69 Å². The Morgan fingerprint density at radius 1 is 1.28 bits per heavy atom. The number of nitrogens with one attached hydrogen (secondary N) is 2. The number of anilines is 1. The summed E-state index contributed by atoms with van der Waals surface area (Å²) in [6, 6.07) is 4.83. The maximum absolute atomic E-state index is 12.8. The molecule has 0 saturated carbocycles. The highest BCUT2D eigenvalue weighted by Gasteiger charge is 2.31. The molecule has 1 aliphatic heterocycles. The van der Waals surface area contributed by atoms with Crippen LogP contribution >= 0.6 is 11.3 Å². The van der Waals surface area contributed by atoms with Crippen molar-refractivity contribution in [3.8, 4) is 0 Å². The Morgan fingerprint density at radius 2 is 2.04 bits per heavy atom. The monoisotopic (exact) mass is 379 g/mol. The molecule has 2 heterocycles. The minimum atomic E-state index is -3.71. The molecule has 1 aromatic carbocycles. The number of fused-ring (bicyclic) bond motifs is 1. The lowest BCUT2D eigenvalue weighted by Gasteiger charge is -2.24. The third-order valence-corrected chi connectivity index (χ3v) is 6.95. The van der Waals surface area contributed by atoms with Crippen LogP contribution in [0, 0.1) is 6.92 Å². The van der Waals surface area contributed by atoms with E-state index in [4.69, 9.17) is 0 Å². The number of thiazole rings is 1. The zero-order chi connectivity index (χ0) is 18.2. The SMILES string of the molecule is Cc1cnc(C(C)(C)NS(=O)(=O)c2ccc3c(c2)CCCC(=O)N3)s1. The molecule has 0 bridgehead atoms. The maximum Gasteiger partial charge on any atom is 0.241 e. The predicted octanol–water partition coefficient (Wildman–Crippen LogP) is 2.94. The van der Waals surface area contributed by atoms with E-state index in [1.54, 1.807) is 32.2 Å². The van der Waals surface area contributed by atoms with E-state index >= 15 is 0 Å². The van der Waals surface area contributed by atoms with Gasteiger partial charge in [0, 0.05) is 23.2 Å². The van der Waals surface area contributed by atoms with Crippen molar-refractivity contribution in [2.24, 2.45) is 0 Å². The molecule has 6 nitrogen and oxygen atoms in total. The molecular formula is C17H21N3O3S2. The largest absolute Gasteiger partial charge is 0.326 e. The van der Waals surface area contributed by atoms with Gasteiger partial charge < -0.3 is 5.32 Å². The molecule has 8 heteroatoms. The molecule has 134 valence electrons. The first-order valence-electron chi connectivity index (χ1n) is 8.07. The highest BCUT2D eigenvalue weighted by molar-refractivity contribution is 7.89. The smallest absolute Gasteiger partial charge is 0.241 e. The Hall–Kier alpha value is -1.77.